The summed E-state index contributed by atoms with van der Waals surface area (Å²) in [5.41, 5.74) is 2.01. The van der Waals surface area contributed by atoms with Gasteiger partial charge in [-0.3, -0.25) is 4.79 Å². The molecule has 0 saturated heterocycles. The topological polar surface area (TPSA) is 28.4 Å². The van der Waals surface area contributed by atoms with Crippen LogP contribution in [0, 0.1) is 0 Å². The van der Waals surface area contributed by atoms with Crippen molar-refractivity contribution in [3.63, 3.8) is 0 Å². The van der Waals surface area contributed by atoms with Crippen molar-refractivity contribution in [1.29, 1.82) is 0 Å². The molecule has 0 radical (unpaired) electrons. The van der Waals surface area contributed by atoms with E-state index >= 15 is 0 Å². The minimum absolute atomic E-state index is 0.140. The van der Waals surface area contributed by atoms with Crippen LogP contribution in [-0.4, -0.2) is 14.5 Å². The molecule has 0 spiro atoms. The van der Waals surface area contributed by atoms with Gasteiger partial charge in [0.2, 0.25) is 5.43 Å². The van der Waals surface area contributed by atoms with Crippen LogP contribution in [0.1, 0.15) is 0 Å². The first kappa shape index (κ1) is 33.1. The normalized spacial score (nSPS) is 11.2. The Hall–Kier alpha value is -4.77. The summed E-state index contributed by atoms with van der Waals surface area (Å²) in [5, 5.41) is 3.96. The molecule has 45 heavy (non-hydrogen) atoms. The van der Waals surface area contributed by atoms with Crippen molar-refractivity contribution in [2.75, 3.05) is 0 Å². The average Bonchev–Trinajstić information content (AvgIpc) is 2.99. The van der Waals surface area contributed by atoms with Gasteiger partial charge in [-0.05, 0) is 54.6 Å². The van der Waals surface area contributed by atoms with Crippen molar-refractivity contribution in [1.82, 2.24) is 0 Å². The van der Waals surface area contributed by atoms with Gasteiger partial charge in [0.1, 0.15) is 0 Å². The molecule has 0 N–H and O–H groups in total. The minimum atomic E-state index is -6.00. The Morgan fingerprint density at radius 1 is 0.467 bits per heavy atom. The van der Waals surface area contributed by atoms with E-state index in [0.717, 1.165) is 42.1 Å². The molecule has 0 aliphatic rings. The molecule has 0 fully saturated rings. The third kappa shape index (κ3) is 9.61. The van der Waals surface area contributed by atoms with Crippen LogP contribution in [0.3, 0.4) is 0 Å². The zero-order chi connectivity index (χ0) is 32.6. The summed E-state index contributed by atoms with van der Waals surface area (Å²) in [4.78, 5) is 13.9. The molecule has 7 aromatic rings. The highest BCUT2D eigenvalue weighted by Gasteiger charge is 2.22. The van der Waals surface area contributed by atoms with E-state index in [0.29, 0.717) is 0 Å². The second-order valence-corrected chi connectivity index (χ2v) is 11.2. The highest BCUT2D eigenvalue weighted by Crippen LogP contribution is 2.42. The van der Waals surface area contributed by atoms with Crippen LogP contribution >= 0.6 is 10.5 Å². The molecule has 0 atom stereocenters. The third-order valence-corrected chi connectivity index (χ3v) is 8.39. The molecule has 230 valence electrons. The molecular weight excluding hydrogens is 622 g/mol. The lowest BCUT2D eigenvalue weighted by atomic mass is 10.1. The summed E-state index contributed by atoms with van der Waals surface area (Å²) in [7, 11) is -12.2. The Morgan fingerprint density at radius 2 is 0.822 bits per heavy atom. The smallest absolute Gasteiger partial charge is 0.418 e. The van der Waals surface area contributed by atoms with Crippen LogP contribution in [0.2, 0.25) is 0 Å². The number of hydrogen-bond acceptors (Lipinski definition) is 1. The lowest BCUT2D eigenvalue weighted by molar-refractivity contribution is 0.366. The van der Waals surface area contributed by atoms with Crippen LogP contribution in [0.25, 0.3) is 47.0 Å². The fraction of sp³-hybridized carbons (Fsp3) is 0. The highest BCUT2D eigenvalue weighted by atomic mass is 32.2. The predicted octanol–water partition coefficient (Wildman–Crippen LogP) is 11.6. The molecule has 0 aliphatic carbocycles. The SMILES string of the molecule is F[B-](F)(F)F.F[B-](F)(F)F.O=c1c2ccccc2[s+](-c2ccccc2)c2ccccc12.c1ccc2[o+]c3ccccc3cc2c1. The van der Waals surface area contributed by atoms with Gasteiger partial charge in [0, 0.05) is 22.6 Å². The van der Waals surface area contributed by atoms with E-state index in [1.54, 1.807) is 0 Å². The molecule has 13 heteroatoms. The van der Waals surface area contributed by atoms with Crippen molar-refractivity contribution in [3.8, 4) is 4.90 Å². The zero-order valence-corrected chi connectivity index (χ0v) is 23.9. The summed E-state index contributed by atoms with van der Waals surface area (Å²) in [6.45, 7) is 0. The van der Waals surface area contributed by atoms with Crippen LogP contribution in [0.15, 0.2) is 143 Å². The largest absolute Gasteiger partial charge is 0.673 e. The van der Waals surface area contributed by atoms with E-state index in [1.165, 1.54) is 4.90 Å². The van der Waals surface area contributed by atoms with Crippen molar-refractivity contribution < 1.29 is 38.9 Å². The van der Waals surface area contributed by atoms with Crippen molar-refractivity contribution in [2.24, 2.45) is 0 Å². The number of hydrogen-bond donors (Lipinski definition) is 0. The van der Waals surface area contributed by atoms with E-state index in [4.69, 9.17) is 4.42 Å². The molecule has 2 aromatic heterocycles. The summed E-state index contributed by atoms with van der Waals surface area (Å²) < 4.78 is 86.0. The van der Waals surface area contributed by atoms with Crippen molar-refractivity contribution in [3.05, 3.63) is 144 Å². The Morgan fingerprint density at radius 3 is 1.27 bits per heavy atom. The number of benzene rings is 5. The van der Waals surface area contributed by atoms with Gasteiger partial charge in [-0.25, -0.2) is 4.42 Å². The maximum Gasteiger partial charge on any atom is 0.673 e. The Labute approximate surface area is 254 Å². The molecule has 0 saturated carbocycles. The zero-order valence-electron chi connectivity index (χ0n) is 23.1. The third-order valence-electron chi connectivity index (χ3n) is 6.05. The summed E-state index contributed by atoms with van der Waals surface area (Å²) >= 11 is 0. The highest BCUT2D eigenvalue weighted by molar-refractivity contribution is 7.49. The molecule has 0 amide bonds. The summed E-state index contributed by atoms with van der Waals surface area (Å²) in [5.74, 6) is 0. The summed E-state index contributed by atoms with van der Waals surface area (Å²) in [6, 6.07) is 44.7. The van der Waals surface area contributed by atoms with Gasteiger partial charge < -0.3 is 34.5 Å². The minimum Gasteiger partial charge on any atom is -0.418 e. The molecule has 2 nitrogen and oxygen atoms in total. The standard InChI is InChI=1S/C19H13OS.C13H9O.2BF4/c20-19-15-10-4-6-12-17(15)21(14-8-2-1-3-9-14)18-13-7-5-11-16(18)19;1-3-7-12-10(5-1)9-11-6-2-4-8-13(11)14-12;2*2-1(3,4)5/h1-13H;1-9H;;/q2*+1;2*-1. The van der Waals surface area contributed by atoms with E-state index in [1.807, 2.05) is 78.9 Å². The second kappa shape index (κ2) is 14.3. The van der Waals surface area contributed by atoms with Crippen LogP contribution < -0.4 is 5.43 Å². The number of fused-ring (bicyclic) bond motifs is 4. The van der Waals surface area contributed by atoms with Crippen LogP contribution in [0.4, 0.5) is 34.5 Å². The van der Waals surface area contributed by atoms with Gasteiger partial charge in [0.15, 0.2) is 14.3 Å². The summed E-state index contributed by atoms with van der Waals surface area (Å²) in [6.07, 6.45) is 0. The first-order valence-corrected chi connectivity index (χ1v) is 14.5. The predicted molar refractivity (Wildman–Crippen MR) is 170 cm³/mol. The molecule has 0 aliphatic heterocycles. The Bertz CT molecular complexity index is 1910. The van der Waals surface area contributed by atoms with Crippen LogP contribution in [0.5, 0.6) is 0 Å². The molecule has 2 heterocycles. The lowest BCUT2D eigenvalue weighted by Crippen LogP contribution is -2.02. The van der Waals surface area contributed by atoms with Crippen LogP contribution in [-0.2, 0) is 0 Å². The number of halogens is 8. The van der Waals surface area contributed by atoms with E-state index < -0.39 is 14.5 Å². The van der Waals surface area contributed by atoms with E-state index in [-0.39, 0.29) is 15.9 Å². The fourth-order valence-electron chi connectivity index (χ4n) is 4.41. The Balaban J connectivity index is 0.000000165. The monoisotopic (exact) mass is 644 g/mol. The lowest BCUT2D eigenvalue weighted by Gasteiger charge is -2.02. The van der Waals surface area contributed by atoms with E-state index in [2.05, 4.69) is 54.6 Å². The first-order valence-electron chi connectivity index (χ1n) is 13.3. The van der Waals surface area contributed by atoms with Gasteiger partial charge in [0.05, 0.1) is 21.5 Å². The fourth-order valence-corrected chi connectivity index (χ4v) is 6.77. The molecule has 0 bridgehead atoms. The number of para-hydroxylation sites is 2. The average molecular weight is 644 g/mol. The molecular formula is C32H22B2F8O2S. The van der Waals surface area contributed by atoms with Crippen molar-refractivity contribution >= 4 is 67.1 Å². The van der Waals surface area contributed by atoms with Gasteiger partial charge in [-0.2, -0.15) is 0 Å². The molecule has 5 aromatic carbocycles. The Kier molecular flexibility index (Phi) is 10.6. The van der Waals surface area contributed by atoms with Gasteiger partial charge in [-0.1, -0.05) is 66.7 Å². The molecule has 7 rings (SSSR count). The van der Waals surface area contributed by atoms with Gasteiger partial charge >= 0.3 is 25.7 Å². The van der Waals surface area contributed by atoms with E-state index in [9.17, 15) is 39.3 Å². The van der Waals surface area contributed by atoms with Gasteiger partial charge in [-0.15, -0.1) is 0 Å². The second-order valence-electron chi connectivity index (χ2n) is 9.25. The molecule has 0 unspecified atom stereocenters. The van der Waals surface area contributed by atoms with Crippen molar-refractivity contribution in [2.45, 2.75) is 0 Å². The van der Waals surface area contributed by atoms with Gasteiger partial charge in [0.25, 0.3) is 0 Å². The maximum atomic E-state index is 12.7. The maximum absolute atomic E-state index is 12.7. The first-order chi connectivity index (χ1) is 21.3. The quantitative estimate of drug-likeness (QED) is 0.0770. The number of rotatable bonds is 1.